The largest absolute Gasteiger partial charge is 0.462 e. The maximum atomic E-state index is 12.8. The topological polar surface area (TPSA) is 92.0 Å². The monoisotopic (exact) mass is 478 g/mol. The lowest BCUT2D eigenvalue weighted by molar-refractivity contribution is -0.133. The van der Waals surface area contributed by atoms with Gasteiger partial charge in [0.1, 0.15) is 23.3 Å². The first-order valence-corrected chi connectivity index (χ1v) is 10.8. The summed E-state index contributed by atoms with van der Waals surface area (Å²) >= 11 is 5.85. The summed E-state index contributed by atoms with van der Waals surface area (Å²) in [5.41, 5.74) is 0.984. The van der Waals surface area contributed by atoms with E-state index in [4.69, 9.17) is 30.2 Å². The van der Waals surface area contributed by atoms with Crippen molar-refractivity contribution in [3.8, 4) is 17.2 Å². The molecule has 7 nitrogen and oxygen atoms in total. The van der Waals surface area contributed by atoms with E-state index >= 15 is 0 Å². The Labute approximate surface area is 199 Å². The zero-order valence-electron chi connectivity index (χ0n) is 18.1. The first-order chi connectivity index (χ1) is 16.4. The molecule has 34 heavy (non-hydrogen) atoms. The third-order valence-corrected chi connectivity index (χ3v) is 5.05. The van der Waals surface area contributed by atoms with Gasteiger partial charge in [-0.3, -0.25) is 9.59 Å². The predicted octanol–water partition coefficient (Wildman–Crippen LogP) is 5.56. The summed E-state index contributed by atoms with van der Waals surface area (Å²) < 4.78 is 21.5. The van der Waals surface area contributed by atoms with Gasteiger partial charge in [0.15, 0.2) is 0 Å². The molecule has 0 aliphatic rings. The Morgan fingerprint density at radius 1 is 0.941 bits per heavy atom. The van der Waals surface area contributed by atoms with E-state index in [1.165, 1.54) is 24.5 Å². The lowest BCUT2D eigenvalue weighted by Crippen LogP contribution is -2.11. The van der Waals surface area contributed by atoms with Crippen LogP contribution in [0.2, 0.25) is 5.02 Å². The van der Waals surface area contributed by atoms with E-state index in [1.54, 1.807) is 55.5 Å². The van der Waals surface area contributed by atoms with E-state index < -0.39 is 17.4 Å². The van der Waals surface area contributed by atoms with Crippen LogP contribution in [0.3, 0.4) is 0 Å². The average Bonchev–Trinajstić information content (AvgIpc) is 2.83. The summed E-state index contributed by atoms with van der Waals surface area (Å²) in [6, 6.07) is 17.6. The first kappa shape index (κ1) is 23.1. The molecule has 0 fully saturated rings. The van der Waals surface area contributed by atoms with Crippen LogP contribution in [0.15, 0.2) is 82.2 Å². The Balaban J connectivity index is 1.47. The van der Waals surface area contributed by atoms with Gasteiger partial charge in [-0.25, -0.2) is 4.79 Å². The van der Waals surface area contributed by atoms with Crippen LogP contribution in [0.1, 0.15) is 22.8 Å². The molecule has 0 bridgehead atoms. The van der Waals surface area contributed by atoms with Gasteiger partial charge in [-0.05, 0) is 61.0 Å². The molecule has 0 N–H and O–H groups in total. The molecule has 0 spiro atoms. The molecule has 0 atom stereocenters. The summed E-state index contributed by atoms with van der Waals surface area (Å²) in [6.45, 7) is 2.00. The summed E-state index contributed by atoms with van der Waals surface area (Å²) in [6.07, 6.45) is 1.25. The molecule has 0 aliphatic heterocycles. The van der Waals surface area contributed by atoms with Gasteiger partial charge in [0.05, 0.1) is 24.0 Å². The molecular weight excluding hydrogens is 460 g/mol. The third-order valence-electron chi connectivity index (χ3n) is 4.80. The number of esters is 2. The highest BCUT2D eigenvalue weighted by atomic mass is 35.5. The van der Waals surface area contributed by atoms with Gasteiger partial charge in [-0.2, -0.15) is 0 Å². The van der Waals surface area contributed by atoms with Crippen molar-refractivity contribution in [2.45, 2.75) is 13.3 Å². The lowest BCUT2D eigenvalue weighted by Gasteiger charge is -2.08. The Bertz CT molecular complexity index is 1390. The average molecular weight is 479 g/mol. The van der Waals surface area contributed by atoms with Crippen molar-refractivity contribution in [2.24, 2.45) is 0 Å². The minimum atomic E-state index is -0.463. The maximum Gasteiger partial charge on any atom is 0.338 e. The van der Waals surface area contributed by atoms with E-state index in [9.17, 15) is 14.4 Å². The molecule has 8 heteroatoms. The van der Waals surface area contributed by atoms with E-state index in [0.29, 0.717) is 16.3 Å². The highest BCUT2D eigenvalue weighted by Crippen LogP contribution is 2.25. The number of carbonyl (C=O) groups is 2. The van der Waals surface area contributed by atoms with Gasteiger partial charge in [0.2, 0.25) is 11.2 Å². The van der Waals surface area contributed by atoms with Gasteiger partial charge in [-0.15, -0.1) is 0 Å². The number of halogens is 1. The minimum Gasteiger partial charge on any atom is -0.462 e. The highest BCUT2D eigenvalue weighted by Gasteiger charge is 2.13. The molecule has 1 heterocycles. The van der Waals surface area contributed by atoms with Crippen LogP contribution in [-0.2, 0) is 16.0 Å². The van der Waals surface area contributed by atoms with Crippen LogP contribution < -0.4 is 14.9 Å². The van der Waals surface area contributed by atoms with E-state index in [1.807, 2.05) is 0 Å². The molecule has 0 saturated carbocycles. The van der Waals surface area contributed by atoms with Gasteiger partial charge < -0.3 is 18.6 Å². The molecule has 1 aromatic heterocycles. The van der Waals surface area contributed by atoms with Crippen molar-refractivity contribution in [1.82, 2.24) is 0 Å². The summed E-state index contributed by atoms with van der Waals surface area (Å²) in [5.74, 6) is -0.326. The Hall–Kier alpha value is -4.10. The molecule has 0 saturated heterocycles. The van der Waals surface area contributed by atoms with Crippen LogP contribution in [0.25, 0.3) is 11.0 Å². The molecule has 4 aromatic rings. The molecule has 0 amide bonds. The molecule has 0 radical (unpaired) electrons. The summed E-state index contributed by atoms with van der Waals surface area (Å²) in [4.78, 5) is 36.8. The quantitative estimate of drug-likeness (QED) is 0.253. The highest BCUT2D eigenvalue weighted by molar-refractivity contribution is 6.30. The second-order valence-corrected chi connectivity index (χ2v) is 7.65. The van der Waals surface area contributed by atoms with Crippen LogP contribution in [0.5, 0.6) is 17.2 Å². The fraction of sp³-hybridized carbons (Fsp3) is 0.115. The molecule has 0 aliphatic carbocycles. The smallest absolute Gasteiger partial charge is 0.338 e. The maximum absolute atomic E-state index is 12.8. The third kappa shape index (κ3) is 5.44. The Morgan fingerprint density at radius 3 is 2.35 bits per heavy atom. The van der Waals surface area contributed by atoms with Crippen LogP contribution in [-0.4, -0.2) is 18.5 Å². The molecular formula is C26H19ClO7. The Morgan fingerprint density at radius 2 is 1.65 bits per heavy atom. The predicted molar refractivity (Wildman–Crippen MR) is 126 cm³/mol. The Kier molecular flexibility index (Phi) is 6.94. The second-order valence-electron chi connectivity index (χ2n) is 7.21. The number of fused-ring (bicyclic) bond motifs is 1. The fourth-order valence-corrected chi connectivity index (χ4v) is 3.29. The second kappa shape index (κ2) is 10.2. The van der Waals surface area contributed by atoms with Crippen LogP contribution in [0, 0.1) is 0 Å². The number of benzene rings is 3. The molecule has 172 valence electrons. The van der Waals surface area contributed by atoms with Crippen molar-refractivity contribution in [3.05, 3.63) is 99.4 Å². The summed E-state index contributed by atoms with van der Waals surface area (Å²) in [7, 11) is 0. The molecule has 4 rings (SSSR count). The van der Waals surface area contributed by atoms with Crippen molar-refractivity contribution < 1.29 is 28.2 Å². The van der Waals surface area contributed by atoms with Gasteiger partial charge in [0.25, 0.3) is 0 Å². The molecule has 0 unspecified atom stereocenters. The number of hydrogen-bond acceptors (Lipinski definition) is 7. The lowest BCUT2D eigenvalue weighted by atomic mass is 10.1. The van der Waals surface area contributed by atoms with Crippen molar-refractivity contribution in [3.63, 3.8) is 0 Å². The fourth-order valence-electron chi connectivity index (χ4n) is 3.16. The van der Waals surface area contributed by atoms with Crippen molar-refractivity contribution in [1.29, 1.82) is 0 Å². The van der Waals surface area contributed by atoms with Gasteiger partial charge >= 0.3 is 11.9 Å². The minimum absolute atomic E-state index is 0.0242. The zero-order valence-corrected chi connectivity index (χ0v) is 18.8. The number of hydrogen-bond donors (Lipinski definition) is 0. The van der Waals surface area contributed by atoms with Gasteiger partial charge in [-0.1, -0.05) is 23.7 Å². The number of carbonyl (C=O) groups excluding carboxylic acids is 2. The number of rotatable bonds is 7. The zero-order chi connectivity index (χ0) is 24.1. The van der Waals surface area contributed by atoms with E-state index in [0.717, 1.165) is 5.56 Å². The van der Waals surface area contributed by atoms with Crippen LogP contribution >= 0.6 is 11.6 Å². The van der Waals surface area contributed by atoms with E-state index in [-0.39, 0.29) is 35.5 Å². The normalized spacial score (nSPS) is 10.6. The molecule has 3 aromatic carbocycles. The van der Waals surface area contributed by atoms with Crippen molar-refractivity contribution in [2.75, 3.05) is 6.61 Å². The van der Waals surface area contributed by atoms with E-state index in [2.05, 4.69) is 0 Å². The van der Waals surface area contributed by atoms with Crippen LogP contribution in [0.4, 0.5) is 0 Å². The SMILES string of the molecule is CCOC(=O)c1ccc(Oc2coc3cc(OC(=O)Cc4ccc(Cl)cc4)ccc3c2=O)cc1. The summed E-state index contributed by atoms with van der Waals surface area (Å²) in [5, 5.41) is 0.844. The number of ether oxygens (including phenoxy) is 3. The van der Waals surface area contributed by atoms with Gasteiger partial charge in [0, 0.05) is 11.1 Å². The first-order valence-electron chi connectivity index (χ1n) is 10.4. The standard InChI is InChI=1S/C26H19ClO7/c1-2-31-26(30)17-5-9-19(10-6-17)33-23-15-32-22-14-20(11-12-21(22)25(23)29)34-24(28)13-16-3-7-18(27)8-4-16/h3-12,14-15H,2,13H2,1H3. The van der Waals surface area contributed by atoms with Crippen molar-refractivity contribution >= 4 is 34.5 Å².